The van der Waals surface area contributed by atoms with Crippen LogP contribution >= 0.6 is 22.7 Å². The number of carbonyl (C=O) groups is 1. The molecule has 4 rings (SSSR count). The first-order valence-electron chi connectivity index (χ1n) is 7.63. The van der Waals surface area contributed by atoms with Crippen LogP contribution in [0, 0.1) is 17.0 Å². The van der Waals surface area contributed by atoms with Crippen LogP contribution in [0.25, 0.3) is 15.7 Å². The Morgan fingerprint density at radius 1 is 1.33 bits per heavy atom. The number of amides is 1. The predicted octanol–water partition coefficient (Wildman–Crippen LogP) is 4.12. The molecule has 0 fully saturated rings. The summed E-state index contributed by atoms with van der Waals surface area (Å²) in [5.41, 5.74) is 1.51. The Morgan fingerprint density at radius 2 is 2.19 bits per heavy atom. The molecule has 9 nitrogen and oxygen atoms in total. The van der Waals surface area contributed by atoms with Gasteiger partial charge in [0, 0.05) is 11.4 Å². The summed E-state index contributed by atoms with van der Waals surface area (Å²) >= 11 is 2.98. The number of nitro groups is 1. The normalized spacial score (nSPS) is 10.9. The summed E-state index contributed by atoms with van der Waals surface area (Å²) in [5.74, 6) is -0.876. The van der Waals surface area contributed by atoms with Crippen molar-refractivity contribution >= 4 is 40.3 Å². The number of aromatic nitrogens is 3. The second-order valence-corrected chi connectivity index (χ2v) is 7.21. The average Bonchev–Trinajstić information content (AvgIpc) is 3.41. The molecule has 136 valence electrons. The molecule has 1 amide bonds. The molecule has 0 saturated heterocycles. The quantitative estimate of drug-likeness (QED) is 0.397. The van der Waals surface area contributed by atoms with Crippen molar-refractivity contribution in [2.45, 2.75) is 6.92 Å². The maximum atomic E-state index is 12.4. The third-order valence-corrected chi connectivity index (χ3v) is 5.22. The Labute approximate surface area is 160 Å². The number of hydrogen-bond donors (Lipinski definition) is 1. The van der Waals surface area contributed by atoms with Crippen LogP contribution in [0.2, 0.25) is 0 Å². The van der Waals surface area contributed by atoms with Crippen molar-refractivity contribution < 1.29 is 14.1 Å². The molecule has 4 aromatic rings. The highest BCUT2D eigenvalue weighted by atomic mass is 32.1. The molecule has 0 aliphatic heterocycles. The Bertz CT molecular complexity index is 1130. The number of thiophene rings is 1. The highest BCUT2D eigenvalue weighted by Gasteiger charge is 2.20. The van der Waals surface area contributed by atoms with Crippen LogP contribution in [0.15, 0.2) is 45.5 Å². The lowest BCUT2D eigenvalue weighted by atomic mass is 10.4. The van der Waals surface area contributed by atoms with Crippen molar-refractivity contribution in [1.29, 1.82) is 0 Å². The first kappa shape index (κ1) is 17.1. The number of anilines is 1. The summed E-state index contributed by atoms with van der Waals surface area (Å²) in [7, 11) is 0. The number of nitrogens with one attached hydrogen (secondary N) is 1. The molecule has 0 atom stereocenters. The first-order chi connectivity index (χ1) is 13.0. The largest absolute Gasteiger partial charge is 0.433 e. The van der Waals surface area contributed by atoms with Crippen LogP contribution in [-0.2, 0) is 0 Å². The van der Waals surface area contributed by atoms with Crippen molar-refractivity contribution in [2.24, 2.45) is 0 Å². The van der Waals surface area contributed by atoms with Crippen molar-refractivity contribution in [3.8, 4) is 15.7 Å². The van der Waals surface area contributed by atoms with E-state index >= 15 is 0 Å². The van der Waals surface area contributed by atoms with Crippen LogP contribution in [-0.4, -0.2) is 25.6 Å². The highest BCUT2D eigenvalue weighted by Crippen LogP contribution is 2.29. The van der Waals surface area contributed by atoms with Crippen molar-refractivity contribution in [2.75, 3.05) is 5.32 Å². The molecule has 0 saturated carbocycles. The Hall–Kier alpha value is -3.31. The van der Waals surface area contributed by atoms with Gasteiger partial charge in [-0.15, -0.1) is 22.7 Å². The Morgan fingerprint density at radius 3 is 2.89 bits per heavy atom. The molecule has 0 unspecified atom stereocenters. The van der Waals surface area contributed by atoms with Crippen LogP contribution in [0.1, 0.15) is 16.2 Å². The van der Waals surface area contributed by atoms with Gasteiger partial charge in [0.05, 0.1) is 22.3 Å². The summed E-state index contributed by atoms with van der Waals surface area (Å²) in [6, 6.07) is 7.99. The fraction of sp³-hybridized carbons (Fsp3) is 0.0625. The molecule has 0 spiro atoms. The van der Waals surface area contributed by atoms with E-state index in [1.165, 1.54) is 22.1 Å². The number of carbonyl (C=O) groups excluding carboxylic acids is 1. The SMILES string of the molecule is Cc1cc(NC(=O)c2ccc([N+](=O)[O-])o2)n(-c2nc(-c3cccs3)cs2)n1. The van der Waals surface area contributed by atoms with Crippen molar-refractivity contribution in [3.63, 3.8) is 0 Å². The van der Waals surface area contributed by atoms with E-state index in [-0.39, 0.29) is 5.76 Å². The number of rotatable bonds is 5. The van der Waals surface area contributed by atoms with Gasteiger partial charge >= 0.3 is 5.88 Å². The van der Waals surface area contributed by atoms with Gasteiger partial charge in [0.1, 0.15) is 10.7 Å². The smallest absolute Gasteiger partial charge is 0.395 e. The number of furan rings is 1. The van der Waals surface area contributed by atoms with Crippen LogP contribution in [0.4, 0.5) is 11.7 Å². The molecule has 4 heterocycles. The van der Waals surface area contributed by atoms with Gasteiger partial charge in [-0.2, -0.15) is 9.78 Å². The molecule has 0 aliphatic carbocycles. The molecule has 0 radical (unpaired) electrons. The van der Waals surface area contributed by atoms with E-state index in [0.717, 1.165) is 16.6 Å². The second kappa shape index (κ2) is 6.78. The average molecular weight is 401 g/mol. The van der Waals surface area contributed by atoms with E-state index in [0.29, 0.717) is 16.6 Å². The van der Waals surface area contributed by atoms with Gasteiger partial charge in [0.25, 0.3) is 5.91 Å². The van der Waals surface area contributed by atoms with E-state index in [9.17, 15) is 14.9 Å². The van der Waals surface area contributed by atoms with E-state index in [4.69, 9.17) is 4.42 Å². The standard InChI is InChI=1S/C16H11N5O4S2/c1-9-7-13(18-15(22)11-4-5-14(25-11)21(23)24)20(19-9)16-17-10(8-27-16)12-3-2-6-26-12/h2-8H,1H3,(H,18,22). The number of aryl methyl sites for hydroxylation is 1. The van der Waals surface area contributed by atoms with Crippen molar-refractivity contribution in [1.82, 2.24) is 14.8 Å². The topological polar surface area (TPSA) is 116 Å². The number of nitrogens with zero attached hydrogens (tertiary/aromatic N) is 4. The molecular weight excluding hydrogens is 390 g/mol. The lowest BCUT2D eigenvalue weighted by molar-refractivity contribution is -0.402. The van der Waals surface area contributed by atoms with Gasteiger partial charge in [-0.1, -0.05) is 6.07 Å². The maximum absolute atomic E-state index is 12.4. The summed E-state index contributed by atoms with van der Waals surface area (Å²) in [6.07, 6.45) is 0. The van der Waals surface area contributed by atoms with Crippen LogP contribution < -0.4 is 5.32 Å². The molecule has 11 heteroatoms. The second-order valence-electron chi connectivity index (χ2n) is 5.42. The predicted molar refractivity (Wildman–Crippen MR) is 101 cm³/mol. The van der Waals surface area contributed by atoms with Crippen molar-refractivity contribution in [3.05, 3.63) is 62.7 Å². The minimum absolute atomic E-state index is 0.162. The molecule has 4 aromatic heterocycles. The Balaban J connectivity index is 1.61. The molecule has 0 aliphatic rings. The molecule has 1 N–H and O–H groups in total. The zero-order chi connectivity index (χ0) is 19.0. The van der Waals surface area contributed by atoms with Gasteiger partial charge in [-0.25, -0.2) is 4.98 Å². The summed E-state index contributed by atoms with van der Waals surface area (Å²) in [6.45, 7) is 1.79. The zero-order valence-electron chi connectivity index (χ0n) is 13.8. The lowest BCUT2D eigenvalue weighted by Crippen LogP contribution is -2.14. The van der Waals surface area contributed by atoms with Gasteiger partial charge in [-0.3, -0.25) is 14.9 Å². The lowest BCUT2D eigenvalue weighted by Gasteiger charge is -2.04. The monoisotopic (exact) mass is 401 g/mol. The van der Waals surface area contributed by atoms with Gasteiger partial charge < -0.3 is 9.73 Å². The highest BCUT2D eigenvalue weighted by molar-refractivity contribution is 7.15. The van der Waals surface area contributed by atoms with Crippen LogP contribution in [0.3, 0.4) is 0 Å². The third kappa shape index (κ3) is 3.37. The molecule has 0 bridgehead atoms. The van der Waals surface area contributed by atoms with E-state index in [1.807, 2.05) is 22.9 Å². The Kier molecular flexibility index (Phi) is 4.30. The molecule has 0 aromatic carbocycles. The summed E-state index contributed by atoms with van der Waals surface area (Å²) < 4.78 is 6.45. The summed E-state index contributed by atoms with van der Waals surface area (Å²) in [5, 5.41) is 22.2. The first-order valence-corrected chi connectivity index (χ1v) is 9.39. The number of hydrogen-bond acceptors (Lipinski definition) is 8. The van der Waals surface area contributed by atoms with E-state index < -0.39 is 16.7 Å². The third-order valence-electron chi connectivity index (χ3n) is 3.52. The van der Waals surface area contributed by atoms with Gasteiger partial charge in [0.15, 0.2) is 5.76 Å². The molecule has 27 heavy (non-hydrogen) atoms. The minimum atomic E-state index is -0.702. The minimum Gasteiger partial charge on any atom is -0.395 e. The molecular formula is C16H11N5O4S2. The fourth-order valence-electron chi connectivity index (χ4n) is 2.36. The zero-order valence-corrected chi connectivity index (χ0v) is 15.4. The number of thiazole rings is 1. The van der Waals surface area contributed by atoms with E-state index in [1.54, 1.807) is 24.3 Å². The van der Waals surface area contributed by atoms with E-state index in [2.05, 4.69) is 15.4 Å². The summed E-state index contributed by atoms with van der Waals surface area (Å²) in [4.78, 5) is 28.0. The van der Waals surface area contributed by atoms with Gasteiger partial charge in [-0.05, 0) is 24.4 Å². The maximum Gasteiger partial charge on any atom is 0.433 e. The van der Waals surface area contributed by atoms with Gasteiger partial charge in [0.2, 0.25) is 5.13 Å². The fourth-order valence-corrected chi connectivity index (χ4v) is 3.91. The van der Waals surface area contributed by atoms with Crippen LogP contribution in [0.5, 0.6) is 0 Å².